The van der Waals surface area contributed by atoms with E-state index in [1.807, 2.05) is 26.0 Å². The molecule has 7 nitrogen and oxygen atoms in total. The van der Waals surface area contributed by atoms with Crippen LogP contribution in [0.1, 0.15) is 11.1 Å². The third kappa shape index (κ3) is 4.98. The fraction of sp³-hybridized carbons (Fsp3) is 0.211. The molecule has 0 aliphatic rings. The van der Waals surface area contributed by atoms with Crippen molar-refractivity contribution < 1.29 is 19.1 Å². The van der Waals surface area contributed by atoms with Crippen molar-refractivity contribution >= 4 is 23.6 Å². The smallest absolute Gasteiger partial charge is 0.420 e. The number of methoxy groups -OCH3 is 1. The molecule has 0 aliphatic carbocycles. The zero-order chi connectivity index (χ0) is 19.1. The minimum absolute atomic E-state index is 0.151. The highest BCUT2D eigenvalue weighted by Gasteiger charge is 2.19. The lowest BCUT2D eigenvalue weighted by molar-refractivity contribution is 0.187. The summed E-state index contributed by atoms with van der Waals surface area (Å²) in [6.07, 6.45) is -1.32. The minimum atomic E-state index is -0.688. The SMILES string of the molecule is COC(=O)Nc1cccc(OC(=O)N(CC#N)c2cc(C)cc(C)c2)c1. The van der Waals surface area contributed by atoms with Crippen LogP contribution in [0.25, 0.3) is 0 Å². The maximum atomic E-state index is 12.6. The molecule has 0 atom stereocenters. The van der Waals surface area contributed by atoms with Gasteiger partial charge in [-0.3, -0.25) is 10.2 Å². The van der Waals surface area contributed by atoms with Gasteiger partial charge in [-0.2, -0.15) is 5.26 Å². The van der Waals surface area contributed by atoms with Gasteiger partial charge in [-0.15, -0.1) is 0 Å². The van der Waals surface area contributed by atoms with E-state index in [1.54, 1.807) is 30.3 Å². The van der Waals surface area contributed by atoms with Crippen LogP contribution in [0, 0.1) is 25.2 Å². The van der Waals surface area contributed by atoms with Crippen molar-refractivity contribution in [1.82, 2.24) is 0 Å². The Labute approximate surface area is 151 Å². The molecule has 0 aromatic heterocycles. The van der Waals surface area contributed by atoms with E-state index in [2.05, 4.69) is 10.1 Å². The third-order valence-corrected chi connectivity index (χ3v) is 3.44. The number of nitrogens with one attached hydrogen (secondary N) is 1. The quantitative estimate of drug-likeness (QED) is 0.839. The molecular weight excluding hydrogens is 334 g/mol. The first kappa shape index (κ1) is 18.8. The summed E-state index contributed by atoms with van der Waals surface area (Å²) < 4.78 is 9.89. The first-order valence-electron chi connectivity index (χ1n) is 7.82. The van der Waals surface area contributed by atoms with Crippen LogP contribution in [0.5, 0.6) is 5.75 Å². The minimum Gasteiger partial charge on any atom is -0.453 e. The molecule has 2 aromatic carbocycles. The second kappa shape index (κ2) is 8.53. The number of hydrogen-bond acceptors (Lipinski definition) is 5. The topological polar surface area (TPSA) is 91.7 Å². The zero-order valence-corrected chi connectivity index (χ0v) is 14.8. The number of carbonyl (C=O) groups is 2. The molecule has 0 unspecified atom stereocenters. The van der Waals surface area contributed by atoms with Gasteiger partial charge in [-0.05, 0) is 49.2 Å². The van der Waals surface area contributed by atoms with Crippen LogP contribution in [0.4, 0.5) is 21.0 Å². The summed E-state index contributed by atoms with van der Waals surface area (Å²) in [6.45, 7) is 3.67. The molecule has 0 saturated heterocycles. The summed E-state index contributed by atoms with van der Waals surface area (Å²) >= 11 is 0. The van der Waals surface area contributed by atoms with Gasteiger partial charge in [0.05, 0.1) is 13.2 Å². The Kier molecular flexibility index (Phi) is 6.17. The van der Waals surface area contributed by atoms with E-state index in [0.29, 0.717) is 11.4 Å². The van der Waals surface area contributed by atoms with Crippen LogP contribution < -0.4 is 15.0 Å². The lowest BCUT2D eigenvalue weighted by Gasteiger charge is -2.20. The van der Waals surface area contributed by atoms with Crippen LogP contribution in [0.3, 0.4) is 0 Å². The van der Waals surface area contributed by atoms with Gasteiger partial charge in [0.2, 0.25) is 0 Å². The monoisotopic (exact) mass is 353 g/mol. The predicted molar refractivity (Wildman–Crippen MR) is 97.4 cm³/mol. The molecule has 0 bridgehead atoms. The zero-order valence-electron chi connectivity index (χ0n) is 14.8. The van der Waals surface area contributed by atoms with Crippen molar-refractivity contribution in [2.45, 2.75) is 13.8 Å². The number of aryl methyl sites for hydroxylation is 2. The average Bonchev–Trinajstić information content (AvgIpc) is 2.58. The molecule has 0 spiro atoms. The highest BCUT2D eigenvalue weighted by Crippen LogP contribution is 2.22. The molecule has 2 rings (SSSR count). The van der Waals surface area contributed by atoms with E-state index in [-0.39, 0.29) is 12.3 Å². The maximum Gasteiger partial charge on any atom is 0.420 e. The Morgan fingerprint density at radius 1 is 1.15 bits per heavy atom. The number of anilines is 2. The molecule has 7 heteroatoms. The number of benzene rings is 2. The molecule has 134 valence electrons. The average molecular weight is 353 g/mol. The van der Waals surface area contributed by atoms with Crippen molar-refractivity contribution in [3.63, 3.8) is 0 Å². The molecule has 2 aromatic rings. The largest absolute Gasteiger partial charge is 0.453 e. The number of hydrogen-bond donors (Lipinski definition) is 1. The van der Waals surface area contributed by atoms with Crippen molar-refractivity contribution in [2.24, 2.45) is 0 Å². The normalized spacial score (nSPS) is 9.77. The first-order chi connectivity index (χ1) is 12.4. The maximum absolute atomic E-state index is 12.6. The Morgan fingerprint density at radius 3 is 2.46 bits per heavy atom. The van der Waals surface area contributed by atoms with Gasteiger partial charge < -0.3 is 9.47 Å². The standard InChI is InChI=1S/C19H19N3O4/c1-13-9-14(2)11-16(10-13)22(8-7-20)19(24)26-17-6-4-5-15(12-17)21-18(23)25-3/h4-6,9-12H,8H2,1-3H3,(H,21,23). The van der Waals surface area contributed by atoms with Gasteiger partial charge in [0, 0.05) is 17.4 Å². The Morgan fingerprint density at radius 2 is 1.85 bits per heavy atom. The van der Waals surface area contributed by atoms with Gasteiger partial charge in [0.1, 0.15) is 12.3 Å². The lowest BCUT2D eigenvalue weighted by Crippen LogP contribution is -2.34. The number of nitriles is 1. The van der Waals surface area contributed by atoms with E-state index in [0.717, 1.165) is 11.1 Å². The van der Waals surface area contributed by atoms with Crippen molar-refractivity contribution in [2.75, 3.05) is 23.9 Å². The third-order valence-electron chi connectivity index (χ3n) is 3.44. The van der Waals surface area contributed by atoms with Crippen LogP contribution in [-0.2, 0) is 4.74 Å². The molecule has 2 amide bonds. The molecule has 0 heterocycles. The van der Waals surface area contributed by atoms with Gasteiger partial charge in [0.15, 0.2) is 0 Å². The van der Waals surface area contributed by atoms with Crippen LogP contribution in [0.15, 0.2) is 42.5 Å². The molecule has 26 heavy (non-hydrogen) atoms. The second-order valence-corrected chi connectivity index (χ2v) is 5.60. The number of amides is 2. The number of carbonyl (C=O) groups excluding carboxylic acids is 2. The molecule has 0 radical (unpaired) electrons. The van der Waals surface area contributed by atoms with E-state index in [9.17, 15) is 9.59 Å². The summed E-state index contributed by atoms with van der Waals surface area (Å²) in [6, 6.07) is 13.9. The summed E-state index contributed by atoms with van der Waals surface area (Å²) in [5.41, 5.74) is 2.94. The molecule has 0 fully saturated rings. The second-order valence-electron chi connectivity index (χ2n) is 5.60. The predicted octanol–water partition coefficient (Wildman–Crippen LogP) is 4.01. The van der Waals surface area contributed by atoms with Crippen molar-refractivity contribution in [3.8, 4) is 11.8 Å². The van der Waals surface area contributed by atoms with Gasteiger partial charge in [-0.1, -0.05) is 12.1 Å². The van der Waals surface area contributed by atoms with E-state index >= 15 is 0 Å². The lowest BCUT2D eigenvalue weighted by atomic mass is 10.1. The summed E-state index contributed by atoms with van der Waals surface area (Å²) in [4.78, 5) is 25.1. The fourth-order valence-corrected chi connectivity index (χ4v) is 2.40. The van der Waals surface area contributed by atoms with Crippen LogP contribution in [-0.4, -0.2) is 25.8 Å². The molecule has 1 N–H and O–H groups in total. The van der Waals surface area contributed by atoms with Gasteiger partial charge in [-0.25, -0.2) is 9.59 Å². The first-order valence-corrected chi connectivity index (χ1v) is 7.82. The summed E-state index contributed by atoms with van der Waals surface area (Å²) in [5.74, 6) is 0.233. The van der Waals surface area contributed by atoms with E-state index in [4.69, 9.17) is 10.00 Å². The van der Waals surface area contributed by atoms with Gasteiger partial charge in [0.25, 0.3) is 0 Å². The molecule has 0 saturated carbocycles. The van der Waals surface area contributed by atoms with Gasteiger partial charge >= 0.3 is 12.2 Å². The highest BCUT2D eigenvalue weighted by molar-refractivity contribution is 5.90. The van der Waals surface area contributed by atoms with Crippen molar-refractivity contribution in [1.29, 1.82) is 5.26 Å². The number of rotatable bonds is 4. The van der Waals surface area contributed by atoms with E-state index < -0.39 is 12.2 Å². The van der Waals surface area contributed by atoms with Crippen molar-refractivity contribution in [3.05, 3.63) is 53.6 Å². The fourth-order valence-electron chi connectivity index (χ4n) is 2.40. The Balaban J connectivity index is 2.21. The molecule has 0 aliphatic heterocycles. The number of ether oxygens (including phenoxy) is 2. The van der Waals surface area contributed by atoms with Crippen LogP contribution >= 0.6 is 0 Å². The molecular formula is C19H19N3O4. The number of nitrogens with zero attached hydrogens (tertiary/aromatic N) is 2. The van der Waals surface area contributed by atoms with E-state index in [1.165, 1.54) is 18.1 Å². The highest BCUT2D eigenvalue weighted by atomic mass is 16.6. The summed E-state index contributed by atoms with van der Waals surface area (Å²) in [5, 5.41) is 11.5. The summed E-state index contributed by atoms with van der Waals surface area (Å²) in [7, 11) is 1.25. The Hall–Kier alpha value is -3.53. The Bertz CT molecular complexity index is 838. The van der Waals surface area contributed by atoms with Crippen LogP contribution in [0.2, 0.25) is 0 Å².